The first-order chi connectivity index (χ1) is 13.5. The number of pyridine rings is 1. The van der Waals surface area contributed by atoms with Crippen molar-refractivity contribution in [3.63, 3.8) is 0 Å². The Labute approximate surface area is 189 Å². The molecule has 0 unspecified atom stereocenters. The van der Waals surface area contributed by atoms with Gasteiger partial charge in [-0.05, 0) is 37.1 Å². The Kier molecular flexibility index (Phi) is 10.9. The summed E-state index contributed by atoms with van der Waals surface area (Å²) >= 11 is 0. The lowest BCUT2D eigenvalue weighted by atomic mass is 10.1. The van der Waals surface area contributed by atoms with Gasteiger partial charge in [0, 0.05) is 39.1 Å². The molecule has 0 radical (unpaired) electrons. The van der Waals surface area contributed by atoms with Crippen molar-refractivity contribution in [3.05, 3.63) is 53.9 Å². The van der Waals surface area contributed by atoms with Crippen LogP contribution in [0.25, 0.3) is 0 Å². The molecule has 0 fully saturated rings. The molecule has 1 heterocycles. The number of nitrogens with one attached hydrogen (secondary N) is 3. The van der Waals surface area contributed by atoms with Gasteiger partial charge in [-0.1, -0.05) is 17.7 Å². The highest BCUT2D eigenvalue weighted by molar-refractivity contribution is 14.0. The maximum atomic E-state index is 12.1. The molecule has 160 valence electrons. The Morgan fingerprint density at radius 2 is 1.93 bits per heavy atom. The van der Waals surface area contributed by atoms with Gasteiger partial charge in [-0.15, -0.1) is 24.0 Å². The zero-order chi connectivity index (χ0) is 20.4. The van der Waals surface area contributed by atoms with Crippen LogP contribution in [0.1, 0.15) is 11.1 Å². The zero-order valence-corrected chi connectivity index (χ0v) is 20.0. The third-order valence-electron chi connectivity index (χ3n) is 4.00. The molecule has 10 heteroatoms. The van der Waals surface area contributed by atoms with E-state index in [2.05, 4.69) is 31.4 Å². The molecule has 8 nitrogen and oxygen atoms in total. The Hall–Kier alpha value is -1.92. The summed E-state index contributed by atoms with van der Waals surface area (Å²) < 4.78 is 32.2. The Bertz CT molecular complexity index is 892. The molecule has 1 aromatic carbocycles. The molecule has 2 aromatic rings. The summed E-state index contributed by atoms with van der Waals surface area (Å²) in [5, 5.41) is 6.30. The second-order valence-electron chi connectivity index (χ2n) is 6.08. The monoisotopic (exact) mass is 533 g/mol. The van der Waals surface area contributed by atoms with Crippen molar-refractivity contribution in [1.29, 1.82) is 0 Å². The average Bonchev–Trinajstić information content (AvgIpc) is 2.70. The van der Waals surface area contributed by atoms with E-state index in [-0.39, 0.29) is 35.4 Å². The first-order valence-corrected chi connectivity index (χ1v) is 10.4. The summed E-state index contributed by atoms with van der Waals surface area (Å²) in [6.07, 6.45) is 3.62. The number of nitrogens with zero attached hydrogens (tertiary/aromatic N) is 2. The van der Waals surface area contributed by atoms with Crippen LogP contribution in [0, 0.1) is 6.92 Å². The van der Waals surface area contributed by atoms with E-state index in [4.69, 9.17) is 4.74 Å². The maximum absolute atomic E-state index is 12.1. The highest BCUT2D eigenvalue weighted by Crippen LogP contribution is 2.19. The maximum Gasteiger partial charge on any atom is 0.242 e. The number of rotatable bonds is 9. The molecule has 1 aromatic heterocycles. The standard InChI is InChI=1S/C19H27N5O3S.HI/c1-15-6-7-18(27-3)16(13-15)8-10-22-19(20-2)23-11-12-24-28(25,26)17-5-4-9-21-14-17;/h4-7,9,13-14,24H,8,10-12H2,1-3H3,(H2,20,22,23);1H. The van der Waals surface area contributed by atoms with E-state index >= 15 is 0 Å². The number of aromatic nitrogens is 1. The molecular formula is C19H28IN5O3S. The third-order valence-corrected chi connectivity index (χ3v) is 5.45. The van der Waals surface area contributed by atoms with Crippen molar-refractivity contribution in [1.82, 2.24) is 20.3 Å². The second kappa shape index (κ2) is 12.6. The van der Waals surface area contributed by atoms with Crippen LogP contribution in [0.2, 0.25) is 0 Å². The SMILES string of the molecule is CN=C(NCCNS(=O)(=O)c1cccnc1)NCCc1cc(C)ccc1OC.I. The van der Waals surface area contributed by atoms with Crippen LogP contribution in [0.5, 0.6) is 5.75 Å². The van der Waals surface area contributed by atoms with Gasteiger partial charge in [0.05, 0.1) is 7.11 Å². The molecular weight excluding hydrogens is 505 g/mol. The van der Waals surface area contributed by atoms with E-state index in [0.29, 0.717) is 19.0 Å². The predicted molar refractivity (Wildman–Crippen MR) is 126 cm³/mol. The van der Waals surface area contributed by atoms with Crippen molar-refractivity contribution in [3.8, 4) is 5.75 Å². The summed E-state index contributed by atoms with van der Waals surface area (Å²) in [7, 11) is -0.226. The van der Waals surface area contributed by atoms with Crippen molar-refractivity contribution in [2.75, 3.05) is 33.8 Å². The van der Waals surface area contributed by atoms with Crippen LogP contribution in [0.3, 0.4) is 0 Å². The van der Waals surface area contributed by atoms with Gasteiger partial charge < -0.3 is 15.4 Å². The molecule has 2 rings (SSSR count). The van der Waals surface area contributed by atoms with Gasteiger partial charge in [-0.25, -0.2) is 13.1 Å². The number of halogens is 1. The van der Waals surface area contributed by atoms with Crippen LogP contribution in [-0.2, 0) is 16.4 Å². The van der Waals surface area contributed by atoms with Crippen molar-refractivity contribution >= 4 is 40.0 Å². The first kappa shape index (κ1) is 25.1. The van der Waals surface area contributed by atoms with Gasteiger partial charge in [0.1, 0.15) is 10.6 Å². The highest BCUT2D eigenvalue weighted by Gasteiger charge is 2.12. The lowest BCUT2D eigenvalue weighted by molar-refractivity contribution is 0.409. The molecule has 0 aliphatic carbocycles. The number of aliphatic imine (C=N–C) groups is 1. The van der Waals surface area contributed by atoms with Crippen molar-refractivity contribution in [2.24, 2.45) is 4.99 Å². The Morgan fingerprint density at radius 3 is 2.59 bits per heavy atom. The molecule has 0 aliphatic heterocycles. The largest absolute Gasteiger partial charge is 0.496 e. The number of sulfonamides is 1. The Balaban J connectivity index is 0.00000420. The van der Waals surface area contributed by atoms with Crippen LogP contribution in [-0.4, -0.2) is 53.2 Å². The minimum absolute atomic E-state index is 0. The number of benzene rings is 1. The van der Waals surface area contributed by atoms with Crippen LogP contribution < -0.4 is 20.1 Å². The summed E-state index contributed by atoms with van der Waals surface area (Å²) in [6.45, 7) is 3.33. The molecule has 0 atom stereocenters. The molecule has 0 saturated heterocycles. The van der Waals surface area contributed by atoms with Gasteiger partial charge in [-0.2, -0.15) is 0 Å². The summed E-state index contributed by atoms with van der Waals surface area (Å²) in [5.41, 5.74) is 2.30. The molecule has 0 aliphatic rings. The molecule has 0 bridgehead atoms. The minimum Gasteiger partial charge on any atom is -0.496 e. The normalized spacial score (nSPS) is 11.5. The first-order valence-electron chi connectivity index (χ1n) is 8.94. The van der Waals surface area contributed by atoms with E-state index in [0.717, 1.165) is 17.7 Å². The molecule has 0 amide bonds. The van der Waals surface area contributed by atoms with E-state index in [9.17, 15) is 8.42 Å². The average molecular weight is 533 g/mol. The highest BCUT2D eigenvalue weighted by atomic mass is 127. The number of methoxy groups -OCH3 is 1. The Morgan fingerprint density at radius 1 is 1.17 bits per heavy atom. The number of hydrogen-bond donors (Lipinski definition) is 3. The number of hydrogen-bond acceptors (Lipinski definition) is 5. The zero-order valence-electron chi connectivity index (χ0n) is 16.8. The van der Waals surface area contributed by atoms with Crippen LogP contribution in [0.4, 0.5) is 0 Å². The van der Waals surface area contributed by atoms with E-state index in [1.807, 2.05) is 19.1 Å². The lowest BCUT2D eigenvalue weighted by Gasteiger charge is -2.14. The summed E-state index contributed by atoms with van der Waals surface area (Å²) in [5.74, 6) is 1.47. The smallest absolute Gasteiger partial charge is 0.242 e. The van der Waals surface area contributed by atoms with E-state index in [1.54, 1.807) is 20.2 Å². The molecule has 3 N–H and O–H groups in total. The van der Waals surface area contributed by atoms with Crippen molar-refractivity contribution in [2.45, 2.75) is 18.2 Å². The third kappa shape index (κ3) is 8.15. The number of guanidine groups is 1. The van der Waals surface area contributed by atoms with Crippen molar-refractivity contribution < 1.29 is 13.2 Å². The summed E-state index contributed by atoms with van der Waals surface area (Å²) in [4.78, 5) is 8.11. The van der Waals surface area contributed by atoms with Gasteiger partial charge in [0.15, 0.2) is 5.96 Å². The van der Waals surface area contributed by atoms with E-state index < -0.39 is 10.0 Å². The quantitative estimate of drug-likeness (QED) is 0.196. The molecule has 29 heavy (non-hydrogen) atoms. The van der Waals surface area contributed by atoms with Gasteiger partial charge >= 0.3 is 0 Å². The van der Waals surface area contributed by atoms with Gasteiger partial charge in [0.25, 0.3) is 0 Å². The predicted octanol–water partition coefficient (Wildman–Crippen LogP) is 1.70. The van der Waals surface area contributed by atoms with Gasteiger partial charge in [-0.3, -0.25) is 9.98 Å². The second-order valence-corrected chi connectivity index (χ2v) is 7.84. The van der Waals surface area contributed by atoms with Gasteiger partial charge in [0.2, 0.25) is 10.0 Å². The summed E-state index contributed by atoms with van der Waals surface area (Å²) in [6, 6.07) is 9.17. The number of ether oxygens (including phenoxy) is 1. The minimum atomic E-state index is -3.56. The molecule has 0 saturated carbocycles. The lowest BCUT2D eigenvalue weighted by Crippen LogP contribution is -2.42. The fourth-order valence-corrected chi connectivity index (χ4v) is 3.59. The topological polar surface area (TPSA) is 105 Å². The van der Waals surface area contributed by atoms with Crippen LogP contribution in [0.15, 0.2) is 52.6 Å². The van der Waals surface area contributed by atoms with E-state index in [1.165, 1.54) is 24.0 Å². The number of aryl methyl sites for hydroxylation is 1. The molecule has 0 spiro atoms. The van der Waals surface area contributed by atoms with Crippen LogP contribution >= 0.6 is 24.0 Å². The fraction of sp³-hybridized carbons (Fsp3) is 0.368. The fourth-order valence-electron chi connectivity index (χ4n) is 2.59.